The summed E-state index contributed by atoms with van der Waals surface area (Å²) in [5.74, 6) is 1.79. The van der Waals surface area contributed by atoms with E-state index in [0.717, 1.165) is 26.5 Å². The van der Waals surface area contributed by atoms with Crippen molar-refractivity contribution in [2.45, 2.75) is 13.5 Å². The molecule has 0 aliphatic rings. The van der Waals surface area contributed by atoms with Gasteiger partial charge in [0.05, 0.1) is 17.1 Å². The predicted octanol–water partition coefficient (Wildman–Crippen LogP) is 5.43. The number of aromatic nitrogens is 2. The maximum absolute atomic E-state index is 12.8. The number of hydrogen-bond donors (Lipinski definition) is 1. The van der Waals surface area contributed by atoms with Crippen molar-refractivity contribution >= 4 is 32.7 Å². The molecule has 0 saturated heterocycles. The third-order valence-electron chi connectivity index (χ3n) is 4.93. The zero-order chi connectivity index (χ0) is 21.8. The Balaban J connectivity index is 1.60. The minimum Gasteiger partial charge on any atom is -0.495 e. The second-order valence-electron chi connectivity index (χ2n) is 6.88. The van der Waals surface area contributed by atoms with Crippen molar-refractivity contribution in [3.63, 3.8) is 0 Å². The third kappa shape index (κ3) is 4.51. The maximum atomic E-state index is 12.8. The van der Waals surface area contributed by atoms with E-state index in [1.54, 1.807) is 37.8 Å². The molecule has 0 fully saturated rings. The summed E-state index contributed by atoms with van der Waals surface area (Å²) in [7, 11) is 1.61. The standard InChI is InChI=1S/C24H20BrN3O3/c1-15-17(24(29)28-14-16-6-9-26-10-7-16)4-3-5-21(15)31-22-8-11-27-20-13-23(30-2)19(25)12-18(20)22/h3-13H,14H2,1-2H3,(H,28,29). The first kappa shape index (κ1) is 20.8. The number of pyridine rings is 2. The Morgan fingerprint density at radius 3 is 2.61 bits per heavy atom. The van der Waals surface area contributed by atoms with Crippen LogP contribution in [0.1, 0.15) is 21.5 Å². The van der Waals surface area contributed by atoms with E-state index in [0.29, 0.717) is 29.4 Å². The van der Waals surface area contributed by atoms with Crippen LogP contribution in [0, 0.1) is 6.92 Å². The molecule has 156 valence electrons. The lowest BCUT2D eigenvalue weighted by Crippen LogP contribution is -2.23. The van der Waals surface area contributed by atoms with Gasteiger partial charge in [-0.2, -0.15) is 0 Å². The smallest absolute Gasteiger partial charge is 0.251 e. The van der Waals surface area contributed by atoms with Crippen molar-refractivity contribution in [1.29, 1.82) is 0 Å². The van der Waals surface area contributed by atoms with Gasteiger partial charge in [0.2, 0.25) is 0 Å². The van der Waals surface area contributed by atoms with Crippen LogP contribution in [0.4, 0.5) is 0 Å². The number of amides is 1. The normalized spacial score (nSPS) is 10.7. The summed E-state index contributed by atoms with van der Waals surface area (Å²) < 4.78 is 12.4. The average Bonchev–Trinajstić information content (AvgIpc) is 2.79. The van der Waals surface area contributed by atoms with Gasteiger partial charge in [0.15, 0.2) is 0 Å². The highest BCUT2D eigenvalue weighted by Gasteiger charge is 2.15. The first-order valence-electron chi connectivity index (χ1n) is 9.63. The predicted molar refractivity (Wildman–Crippen MR) is 123 cm³/mol. The van der Waals surface area contributed by atoms with Gasteiger partial charge in [0.1, 0.15) is 17.2 Å². The lowest BCUT2D eigenvalue weighted by atomic mass is 10.1. The molecule has 7 heteroatoms. The Hall–Kier alpha value is -3.45. The number of carbonyl (C=O) groups is 1. The molecule has 2 aromatic carbocycles. The highest BCUT2D eigenvalue weighted by atomic mass is 79.9. The van der Waals surface area contributed by atoms with Crippen LogP contribution in [0.3, 0.4) is 0 Å². The molecule has 0 aliphatic carbocycles. The topological polar surface area (TPSA) is 73.3 Å². The van der Waals surface area contributed by atoms with Gasteiger partial charge in [-0.25, -0.2) is 0 Å². The van der Waals surface area contributed by atoms with Gasteiger partial charge >= 0.3 is 0 Å². The number of benzene rings is 2. The van der Waals surface area contributed by atoms with Crippen LogP contribution < -0.4 is 14.8 Å². The Morgan fingerprint density at radius 1 is 1.03 bits per heavy atom. The van der Waals surface area contributed by atoms with E-state index in [2.05, 4.69) is 31.2 Å². The summed E-state index contributed by atoms with van der Waals surface area (Å²) in [4.78, 5) is 21.2. The molecule has 1 N–H and O–H groups in total. The molecule has 0 saturated carbocycles. The van der Waals surface area contributed by atoms with Crippen LogP contribution >= 0.6 is 15.9 Å². The third-order valence-corrected chi connectivity index (χ3v) is 5.55. The number of ether oxygens (including phenoxy) is 2. The summed E-state index contributed by atoms with van der Waals surface area (Å²) in [6.07, 6.45) is 5.09. The Kier molecular flexibility index (Phi) is 6.13. The minimum absolute atomic E-state index is 0.160. The molecule has 0 aliphatic heterocycles. The molecule has 0 unspecified atom stereocenters. The number of nitrogens with one attached hydrogen (secondary N) is 1. The Bertz CT molecular complexity index is 1250. The summed E-state index contributed by atoms with van der Waals surface area (Å²) in [6.45, 7) is 2.30. The quantitative estimate of drug-likeness (QED) is 0.400. The Morgan fingerprint density at radius 2 is 1.84 bits per heavy atom. The molecular formula is C24H20BrN3O3. The number of halogens is 1. The summed E-state index contributed by atoms with van der Waals surface area (Å²) in [5, 5.41) is 3.78. The van der Waals surface area contributed by atoms with Crippen LogP contribution in [0.25, 0.3) is 10.9 Å². The second kappa shape index (κ2) is 9.14. The molecule has 4 aromatic rings. The minimum atomic E-state index is -0.160. The van der Waals surface area contributed by atoms with E-state index in [4.69, 9.17) is 9.47 Å². The van der Waals surface area contributed by atoms with Crippen molar-refractivity contribution in [2.75, 3.05) is 7.11 Å². The van der Waals surface area contributed by atoms with Gasteiger partial charge in [0, 0.05) is 47.7 Å². The highest BCUT2D eigenvalue weighted by Crippen LogP contribution is 2.36. The van der Waals surface area contributed by atoms with Gasteiger partial charge in [-0.05, 0) is 64.8 Å². The van der Waals surface area contributed by atoms with Crippen molar-refractivity contribution < 1.29 is 14.3 Å². The fourth-order valence-corrected chi connectivity index (χ4v) is 3.74. The zero-order valence-electron chi connectivity index (χ0n) is 17.1. The highest BCUT2D eigenvalue weighted by molar-refractivity contribution is 9.10. The number of hydrogen-bond acceptors (Lipinski definition) is 5. The van der Waals surface area contributed by atoms with E-state index in [9.17, 15) is 4.79 Å². The van der Waals surface area contributed by atoms with Gasteiger partial charge in [-0.3, -0.25) is 14.8 Å². The van der Waals surface area contributed by atoms with Crippen LogP contribution in [0.15, 0.2) is 71.6 Å². The number of carbonyl (C=O) groups excluding carboxylic acids is 1. The van der Waals surface area contributed by atoms with Crippen LogP contribution in [-0.2, 0) is 6.54 Å². The SMILES string of the molecule is COc1cc2nccc(Oc3cccc(C(=O)NCc4ccncc4)c3C)c2cc1Br. The van der Waals surface area contributed by atoms with E-state index >= 15 is 0 Å². The van der Waals surface area contributed by atoms with Crippen molar-refractivity contribution in [2.24, 2.45) is 0 Å². The van der Waals surface area contributed by atoms with Crippen LogP contribution in [0.2, 0.25) is 0 Å². The van der Waals surface area contributed by atoms with E-state index in [1.165, 1.54) is 0 Å². The zero-order valence-corrected chi connectivity index (χ0v) is 18.6. The molecular weight excluding hydrogens is 458 g/mol. The molecule has 0 bridgehead atoms. The number of nitrogens with zero attached hydrogens (tertiary/aromatic N) is 2. The average molecular weight is 478 g/mol. The summed E-state index contributed by atoms with van der Waals surface area (Å²) in [5.41, 5.74) is 3.05. The largest absolute Gasteiger partial charge is 0.495 e. The van der Waals surface area contributed by atoms with Crippen molar-refractivity contribution in [3.05, 3.63) is 88.3 Å². The van der Waals surface area contributed by atoms with Gasteiger partial charge < -0.3 is 14.8 Å². The number of rotatable bonds is 6. The fraction of sp³-hybridized carbons (Fsp3) is 0.125. The maximum Gasteiger partial charge on any atom is 0.251 e. The lowest BCUT2D eigenvalue weighted by Gasteiger charge is -2.14. The van der Waals surface area contributed by atoms with Gasteiger partial charge in [-0.15, -0.1) is 0 Å². The van der Waals surface area contributed by atoms with Crippen molar-refractivity contribution in [1.82, 2.24) is 15.3 Å². The van der Waals surface area contributed by atoms with Crippen LogP contribution in [-0.4, -0.2) is 23.0 Å². The monoisotopic (exact) mass is 477 g/mol. The molecule has 0 spiro atoms. The molecule has 2 heterocycles. The number of methoxy groups -OCH3 is 1. The van der Waals surface area contributed by atoms with Crippen LogP contribution in [0.5, 0.6) is 17.2 Å². The molecule has 1 amide bonds. The Labute approximate surface area is 188 Å². The molecule has 31 heavy (non-hydrogen) atoms. The molecule has 0 atom stereocenters. The van der Waals surface area contributed by atoms with E-state index in [1.807, 2.05) is 43.3 Å². The lowest BCUT2D eigenvalue weighted by molar-refractivity contribution is 0.0950. The molecule has 4 rings (SSSR count). The first-order chi connectivity index (χ1) is 15.1. The summed E-state index contributed by atoms with van der Waals surface area (Å²) in [6, 6.07) is 14.8. The van der Waals surface area contributed by atoms with Gasteiger partial charge in [0.25, 0.3) is 5.91 Å². The molecule has 6 nitrogen and oxygen atoms in total. The van der Waals surface area contributed by atoms with Crippen molar-refractivity contribution in [3.8, 4) is 17.2 Å². The molecule has 0 radical (unpaired) electrons. The fourth-order valence-electron chi connectivity index (χ4n) is 3.23. The molecule has 2 aromatic heterocycles. The first-order valence-corrected chi connectivity index (χ1v) is 10.4. The van der Waals surface area contributed by atoms with Gasteiger partial charge in [-0.1, -0.05) is 6.07 Å². The van der Waals surface area contributed by atoms with E-state index < -0.39 is 0 Å². The second-order valence-corrected chi connectivity index (χ2v) is 7.74. The summed E-state index contributed by atoms with van der Waals surface area (Å²) >= 11 is 3.51. The number of fused-ring (bicyclic) bond motifs is 1. The van der Waals surface area contributed by atoms with E-state index in [-0.39, 0.29) is 5.91 Å².